The van der Waals surface area contributed by atoms with Crippen LogP contribution in [-0.4, -0.2) is 61.8 Å². The number of esters is 1. The van der Waals surface area contributed by atoms with E-state index in [0.29, 0.717) is 36.5 Å². The van der Waals surface area contributed by atoms with Gasteiger partial charge in [0.1, 0.15) is 11.5 Å². The van der Waals surface area contributed by atoms with Gasteiger partial charge in [-0.1, -0.05) is 5.21 Å². The molecule has 2 aromatic heterocycles. The molecule has 0 unspecified atom stereocenters. The number of hydrogen-bond acceptors (Lipinski definition) is 6. The molecule has 1 fully saturated rings. The molecule has 0 saturated carbocycles. The van der Waals surface area contributed by atoms with Gasteiger partial charge in [0, 0.05) is 30.4 Å². The lowest BCUT2D eigenvalue weighted by molar-refractivity contribution is -0.129. The lowest BCUT2D eigenvalue weighted by Gasteiger charge is -2.16. The highest BCUT2D eigenvalue weighted by atomic mass is 19.1. The molecule has 0 radical (unpaired) electrons. The van der Waals surface area contributed by atoms with Crippen LogP contribution in [0.1, 0.15) is 39.9 Å². The molecule has 1 amide bonds. The van der Waals surface area contributed by atoms with Gasteiger partial charge in [0.05, 0.1) is 31.5 Å². The third-order valence-corrected chi connectivity index (χ3v) is 5.70. The molecule has 1 aliphatic rings. The van der Waals surface area contributed by atoms with Gasteiger partial charge in [-0.25, -0.2) is 22.9 Å². The van der Waals surface area contributed by atoms with E-state index in [1.807, 2.05) is 0 Å². The molecular weight excluding hydrogens is 422 g/mol. The van der Waals surface area contributed by atoms with Gasteiger partial charge >= 0.3 is 5.97 Å². The number of rotatable bonds is 5. The van der Waals surface area contributed by atoms with Crippen LogP contribution in [0.25, 0.3) is 5.69 Å². The Kier molecular flexibility index (Phi) is 5.72. The Balaban J connectivity index is 1.47. The second-order valence-electron chi connectivity index (χ2n) is 7.69. The molecule has 9 nitrogen and oxygen atoms in total. The van der Waals surface area contributed by atoms with E-state index in [0.717, 1.165) is 6.07 Å². The van der Waals surface area contributed by atoms with Crippen molar-refractivity contribution >= 4 is 11.9 Å². The second kappa shape index (κ2) is 8.48. The highest BCUT2D eigenvalue weighted by Crippen LogP contribution is 2.25. The molecule has 11 heteroatoms. The maximum atomic E-state index is 14.2. The van der Waals surface area contributed by atoms with Gasteiger partial charge in [0.15, 0.2) is 11.5 Å². The molecule has 1 atom stereocenters. The van der Waals surface area contributed by atoms with Crippen LogP contribution in [0, 0.1) is 25.5 Å². The maximum Gasteiger partial charge on any atom is 0.360 e. The highest BCUT2D eigenvalue weighted by Gasteiger charge is 2.30. The number of likely N-dealkylation sites (tertiary alicyclic amines) is 1. The number of carbonyl (C=O) groups excluding carboxylic acids is 2. The summed E-state index contributed by atoms with van der Waals surface area (Å²) < 4.78 is 35.1. The first kappa shape index (κ1) is 21.6. The van der Waals surface area contributed by atoms with Crippen molar-refractivity contribution in [2.45, 2.75) is 32.7 Å². The summed E-state index contributed by atoms with van der Waals surface area (Å²) in [5.74, 6) is -2.05. The normalized spacial score (nSPS) is 15.9. The predicted molar refractivity (Wildman–Crippen MR) is 108 cm³/mol. The topological polar surface area (TPSA) is 95.1 Å². The van der Waals surface area contributed by atoms with Crippen molar-refractivity contribution in [3.63, 3.8) is 0 Å². The molecule has 0 N–H and O–H groups in total. The first-order chi connectivity index (χ1) is 15.3. The predicted octanol–water partition coefficient (Wildman–Crippen LogP) is 2.16. The summed E-state index contributed by atoms with van der Waals surface area (Å²) in [5.41, 5.74) is 2.17. The van der Waals surface area contributed by atoms with Crippen LogP contribution in [0.5, 0.6) is 0 Å². The fourth-order valence-corrected chi connectivity index (χ4v) is 3.92. The fraction of sp³-hybridized carbons (Fsp3) is 0.381. The van der Waals surface area contributed by atoms with Crippen molar-refractivity contribution in [2.24, 2.45) is 0 Å². The average molecular weight is 444 g/mol. The number of halogens is 2. The molecule has 0 aliphatic carbocycles. The van der Waals surface area contributed by atoms with Crippen molar-refractivity contribution in [3.05, 3.63) is 58.7 Å². The summed E-state index contributed by atoms with van der Waals surface area (Å²) >= 11 is 0. The molecule has 0 bridgehead atoms. The zero-order valence-electron chi connectivity index (χ0n) is 17.9. The Morgan fingerprint density at radius 2 is 2.03 bits per heavy atom. The number of hydrogen-bond donors (Lipinski definition) is 0. The molecule has 0 spiro atoms. The Hall–Kier alpha value is -3.63. The number of aryl methyl sites for hydroxylation is 1. The van der Waals surface area contributed by atoms with Gasteiger partial charge in [0.25, 0.3) is 0 Å². The van der Waals surface area contributed by atoms with Gasteiger partial charge in [-0.15, -0.1) is 5.10 Å². The summed E-state index contributed by atoms with van der Waals surface area (Å²) in [7, 11) is 1.27. The van der Waals surface area contributed by atoms with Crippen molar-refractivity contribution in [3.8, 4) is 5.69 Å². The first-order valence-electron chi connectivity index (χ1n) is 10.1. The Morgan fingerprint density at radius 1 is 1.25 bits per heavy atom. The minimum Gasteiger partial charge on any atom is -0.464 e. The van der Waals surface area contributed by atoms with Crippen LogP contribution in [0.3, 0.4) is 0 Å². The number of carbonyl (C=O) groups is 2. The van der Waals surface area contributed by atoms with Crippen LogP contribution >= 0.6 is 0 Å². The number of nitrogens with zero attached hydrogens (tertiary/aromatic N) is 6. The van der Waals surface area contributed by atoms with E-state index < -0.39 is 17.6 Å². The molecule has 1 aromatic carbocycles. The Morgan fingerprint density at radius 3 is 2.75 bits per heavy atom. The molecule has 1 aliphatic heterocycles. The molecule has 1 saturated heterocycles. The standard InChI is InChI=1S/C21H22F2N6O3/c1-12-16(13(2)29(25-12)19-5-4-14(22)8-17(19)23)9-20(30)27-7-6-15(10-27)28-11-18(24-26-28)21(31)32-3/h4-5,8,11,15H,6-7,9-10H2,1-3H3/t15-/m1/s1. The number of methoxy groups -OCH3 is 1. The molecule has 3 aromatic rings. The van der Waals surface area contributed by atoms with Gasteiger partial charge in [-0.3, -0.25) is 4.79 Å². The van der Waals surface area contributed by atoms with Crippen LogP contribution in [0.4, 0.5) is 8.78 Å². The maximum absolute atomic E-state index is 14.2. The number of amides is 1. The molecule has 4 rings (SSSR count). The van der Waals surface area contributed by atoms with Crippen LogP contribution in [0.2, 0.25) is 0 Å². The molecule has 32 heavy (non-hydrogen) atoms. The van der Waals surface area contributed by atoms with Crippen LogP contribution in [0.15, 0.2) is 24.4 Å². The minimum absolute atomic E-state index is 0.0915. The summed E-state index contributed by atoms with van der Waals surface area (Å²) in [6, 6.07) is 3.20. The molecular formula is C21H22F2N6O3. The molecule has 3 heterocycles. The summed E-state index contributed by atoms with van der Waals surface area (Å²) in [6.45, 7) is 4.48. The van der Waals surface area contributed by atoms with E-state index in [1.54, 1.807) is 23.4 Å². The minimum atomic E-state index is -0.727. The van der Waals surface area contributed by atoms with Crippen molar-refractivity contribution in [1.82, 2.24) is 29.7 Å². The summed E-state index contributed by atoms with van der Waals surface area (Å²) in [4.78, 5) is 26.3. The van der Waals surface area contributed by atoms with Gasteiger partial charge in [0.2, 0.25) is 5.91 Å². The van der Waals surface area contributed by atoms with Crippen molar-refractivity contribution in [1.29, 1.82) is 0 Å². The average Bonchev–Trinajstić information content (AvgIpc) is 3.49. The van der Waals surface area contributed by atoms with Gasteiger partial charge < -0.3 is 9.64 Å². The van der Waals surface area contributed by atoms with Crippen molar-refractivity contribution < 1.29 is 23.1 Å². The second-order valence-corrected chi connectivity index (χ2v) is 7.69. The highest BCUT2D eigenvalue weighted by molar-refractivity contribution is 5.86. The van der Waals surface area contributed by atoms with E-state index in [4.69, 9.17) is 0 Å². The van der Waals surface area contributed by atoms with E-state index in [1.165, 1.54) is 30.1 Å². The van der Waals surface area contributed by atoms with E-state index in [9.17, 15) is 18.4 Å². The lowest BCUT2D eigenvalue weighted by atomic mass is 10.1. The smallest absolute Gasteiger partial charge is 0.360 e. The van der Waals surface area contributed by atoms with Gasteiger partial charge in [-0.05, 0) is 32.4 Å². The fourth-order valence-electron chi connectivity index (χ4n) is 3.92. The zero-order chi connectivity index (χ0) is 23.0. The van der Waals surface area contributed by atoms with E-state index in [2.05, 4.69) is 20.1 Å². The summed E-state index contributed by atoms with van der Waals surface area (Å²) in [6.07, 6.45) is 2.30. The SMILES string of the molecule is COC(=O)c1cn([C@@H]2CCN(C(=O)Cc3c(C)nn(-c4ccc(F)cc4F)c3C)C2)nn1. The monoisotopic (exact) mass is 444 g/mol. The largest absolute Gasteiger partial charge is 0.464 e. The quantitative estimate of drug-likeness (QED) is 0.560. The van der Waals surface area contributed by atoms with E-state index >= 15 is 0 Å². The van der Waals surface area contributed by atoms with Crippen molar-refractivity contribution in [2.75, 3.05) is 20.2 Å². The lowest BCUT2D eigenvalue weighted by Crippen LogP contribution is -2.30. The summed E-state index contributed by atoms with van der Waals surface area (Å²) in [5, 5.41) is 12.1. The van der Waals surface area contributed by atoms with Gasteiger partial charge in [-0.2, -0.15) is 5.10 Å². The Bertz CT molecular complexity index is 1190. The van der Waals surface area contributed by atoms with Crippen LogP contribution in [-0.2, 0) is 16.0 Å². The van der Waals surface area contributed by atoms with Crippen LogP contribution < -0.4 is 0 Å². The molecule has 168 valence electrons. The number of aromatic nitrogens is 5. The first-order valence-corrected chi connectivity index (χ1v) is 10.1. The third kappa shape index (κ3) is 3.97. The third-order valence-electron chi connectivity index (χ3n) is 5.70. The zero-order valence-corrected chi connectivity index (χ0v) is 17.9. The van der Waals surface area contributed by atoms with E-state index in [-0.39, 0.29) is 29.8 Å². The number of ether oxygens (including phenoxy) is 1. The Labute approximate surface area is 182 Å². The number of benzene rings is 1.